The fourth-order valence-electron chi connectivity index (χ4n) is 1.01. The van der Waals surface area contributed by atoms with Gasteiger partial charge in [-0.25, -0.2) is 30.7 Å². The molecule has 5 unspecified atom stereocenters. The molecule has 0 fully saturated rings. The largest absolute Gasteiger partial charge is 0.456 e. The number of hydrogen-bond acceptors (Lipinski definition) is 0. The molecule has 0 aromatic heterocycles. The molecule has 0 radical (unpaired) electrons. The second-order valence-electron chi connectivity index (χ2n) is 3.63. The quantitative estimate of drug-likeness (QED) is 0.642. The lowest BCUT2D eigenvalue weighted by Gasteiger charge is -2.28. The van der Waals surface area contributed by atoms with E-state index in [1.54, 1.807) is 0 Å². The van der Waals surface area contributed by atoms with Gasteiger partial charge < -0.3 is 0 Å². The topological polar surface area (TPSA) is 0 Å². The molecule has 0 saturated carbocycles. The van der Waals surface area contributed by atoms with Gasteiger partial charge in [0, 0.05) is 0 Å². The van der Waals surface area contributed by atoms with Gasteiger partial charge in [0.15, 0.2) is 24.7 Å². The van der Waals surface area contributed by atoms with Gasteiger partial charge in [0.1, 0.15) is 0 Å². The molecular weight excluding hydrogens is 324 g/mol. The van der Waals surface area contributed by atoms with E-state index < -0.39 is 49.4 Å². The van der Waals surface area contributed by atoms with E-state index in [2.05, 4.69) is 0 Å². The maximum Gasteiger partial charge on any atom is 0.456 e. The van der Waals surface area contributed by atoms with E-state index in [0.717, 1.165) is 0 Å². The predicted molar refractivity (Wildman–Crippen MR) is 41.5 cm³/mol. The molecule has 0 N–H and O–H groups in total. The SMILES string of the molecule is FC(F)C(F)C(F)C(F)C(F)C(F)C(F)(F)C(F)(F)F. The highest BCUT2D eigenvalue weighted by Gasteiger charge is 2.67. The Morgan fingerprint density at radius 1 is 0.500 bits per heavy atom. The van der Waals surface area contributed by atoms with Crippen molar-refractivity contribution < 1.29 is 52.7 Å². The van der Waals surface area contributed by atoms with Gasteiger partial charge in [0.25, 0.3) is 6.43 Å². The van der Waals surface area contributed by atoms with E-state index in [0.29, 0.717) is 0 Å². The van der Waals surface area contributed by atoms with Crippen LogP contribution in [0.4, 0.5) is 52.7 Å². The molecule has 0 saturated heterocycles. The summed E-state index contributed by atoms with van der Waals surface area (Å²) in [5.41, 5.74) is 0. The first kappa shape index (κ1) is 19.2. The van der Waals surface area contributed by atoms with E-state index in [-0.39, 0.29) is 0 Å². The summed E-state index contributed by atoms with van der Waals surface area (Å²) in [7, 11) is 0. The molecule has 0 heterocycles. The average Bonchev–Trinajstić information content (AvgIpc) is 2.32. The number of alkyl halides is 12. The van der Waals surface area contributed by atoms with Gasteiger partial charge in [0.2, 0.25) is 6.17 Å². The highest BCUT2D eigenvalue weighted by atomic mass is 19.4. The van der Waals surface area contributed by atoms with Gasteiger partial charge in [0.05, 0.1) is 0 Å². The van der Waals surface area contributed by atoms with Crippen LogP contribution in [0, 0.1) is 0 Å². The van der Waals surface area contributed by atoms with E-state index in [1.165, 1.54) is 0 Å². The van der Waals surface area contributed by atoms with Crippen LogP contribution in [-0.2, 0) is 0 Å². The third-order valence-electron chi connectivity index (χ3n) is 2.16. The third kappa shape index (κ3) is 3.84. The molecule has 0 aromatic rings. The van der Waals surface area contributed by atoms with Crippen molar-refractivity contribution in [2.75, 3.05) is 0 Å². The molecule has 0 aliphatic carbocycles. The highest BCUT2D eigenvalue weighted by molar-refractivity contribution is 4.95. The first-order valence-electron chi connectivity index (χ1n) is 4.68. The summed E-state index contributed by atoms with van der Waals surface area (Å²) in [6, 6.07) is 0. The summed E-state index contributed by atoms with van der Waals surface area (Å²) in [6.45, 7) is 0. The minimum Gasteiger partial charge on any atom is -0.241 e. The second-order valence-corrected chi connectivity index (χ2v) is 3.63. The van der Waals surface area contributed by atoms with Gasteiger partial charge in [-0.2, -0.15) is 22.0 Å². The van der Waals surface area contributed by atoms with Crippen LogP contribution in [0.25, 0.3) is 0 Å². The van der Waals surface area contributed by atoms with Crippen molar-refractivity contribution in [3.8, 4) is 0 Å². The predicted octanol–water partition coefficient (Wildman–Crippen LogP) is 4.14. The lowest BCUT2D eigenvalue weighted by Crippen LogP contribution is -2.53. The summed E-state index contributed by atoms with van der Waals surface area (Å²) in [5.74, 6) is -6.40. The first-order chi connectivity index (χ1) is 8.75. The van der Waals surface area contributed by atoms with Crippen molar-refractivity contribution in [2.45, 2.75) is 49.4 Å². The Kier molecular flexibility index (Phi) is 6.02. The Morgan fingerprint density at radius 3 is 1.15 bits per heavy atom. The molecule has 5 atom stereocenters. The molecule has 122 valence electrons. The van der Waals surface area contributed by atoms with Crippen molar-refractivity contribution >= 4 is 0 Å². The number of hydrogen-bond donors (Lipinski definition) is 0. The van der Waals surface area contributed by atoms with Crippen LogP contribution in [0.5, 0.6) is 0 Å². The fourth-order valence-corrected chi connectivity index (χ4v) is 1.01. The fraction of sp³-hybridized carbons (Fsp3) is 1.00. The molecule has 0 aromatic carbocycles. The van der Waals surface area contributed by atoms with Crippen molar-refractivity contribution in [1.29, 1.82) is 0 Å². The minimum absolute atomic E-state index is 4.00. The number of halogens is 12. The summed E-state index contributed by atoms with van der Waals surface area (Å²) in [6.07, 6.45) is -32.6. The van der Waals surface area contributed by atoms with E-state index in [1.807, 2.05) is 0 Å². The minimum atomic E-state index is -6.62. The Balaban J connectivity index is 5.03. The molecule has 0 spiro atoms. The monoisotopic (exact) mass is 330 g/mol. The zero-order chi connectivity index (χ0) is 16.5. The normalized spacial score (nSPS) is 21.4. The Labute approximate surface area is 103 Å². The van der Waals surface area contributed by atoms with E-state index >= 15 is 0 Å². The van der Waals surface area contributed by atoms with Gasteiger partial charge in [-0.15, -0.1) is 0 Å². The molecule has 0 aliphatic rings. The third-order valence-corrected chi connectivity index (χ3v) is 2.16. The summed E-state index contributed by atoms with van der Waals surface area (Å²) in [5, 5.41) is 0. The van der Waals surface area contributed by atoms with Crippen molar-refractivity contribution in [3.05, 3.63) is 0 Å². The van der Waals surface area contributed by atoms with E-state index in [9.17, 15) is 52.7 Å². The molecular formula is C8H6F12. The maximum absolute atomic E-state index is 12.7. The van der Waals surface area contributed by atoms with Crippen LogP contribution in [0.1, 0.15) is 0 Å². The smallest absolute Gasteiger partial charge is 0.241 e. The van der Waals surface area contributed by atoms with E-state index in [4.69, 9.17) is 0 Å². The molecule has 0 bridgehead atoms. The lowest BCUT2D eigenvalue weighted by atomic mass is 10.00. The first-order valence-corrected chi connectivity index (χ1v) is 4.68. The molecule has 0 aliphatic heterocycles. The van der Waals surface area contributed by atoms with Crippen LogP contribution in [0.3, 0.4) is 0 Å². The standard InChI is InChI=1S/C8H6F12/c9-1(2(10)4(12)6(14)15)3(11)5(13)7(16,17)8(18,19)20/h1-6H. The van der Waals surface area contributed by atoms with Crippen LogP contribution < -0.4 is 0 Å². The summed E-state index contributed by atoms with van der Waals surface area (Å²) < 4.78 is 145. The van der Waals surface area contributed by atoms with Crippen LogP contribution in [0.15, 0.2) is 0 Å². The molecule has 0 nitrogen and oxygen atoms in total. The maximum atomic E-state index is 12.7. The van der Waals surface area contributed by atoms with Crippen LogP contribution in [0.2, 0.25) is 0 Å². The zero-order valence-corrected chi connectivity index (χ0v) is 9.00. The number of rotatable bonds is 6. The van der Waals surface area contributed by atoms with Gasteiger partial charge in [-0.05, 0) is 0 Å². The summed E-state index contributed by atoms with van der Waals surface area (Å²) in [4.78, 5) is 0. The van der Waals surface area contributed by atoms with Crippen molar-refractivity contribution in [1.82, 2.24) is 0 Å². The average molecular weight is 330 g/mol. The van der Waals surface area contributed by atoms with Gasteiger partial charge in [-0.1, -0.05) is 0 Å². The van der Waals surface area contributed by atoms with Gasteiger partial charge in [-0.3, -0.25) is 0 Å². The zero-order valence-electron chi connectivity index (χ0n) is 9.00. The summed E-state index contributed by atoms with van der Waals surface area (Å²) >= 11 is 0. The molecule has 0 amide bonds. The Morgan fingerprint density at radius 2 is 0.850 bits per heavy atom. The highest BCUT2D eigenvalue weighted by Crippen LogP contribution is 2.42. The van der Waals surface area contributed by atoms with Crippen LogP contribution in [-0.4, -0.2) is 49.4 Å². The van der Waals surface area contributed by atoms with Crippen molar-refractivity contribution in [2.24, 2.45) is 0 Å². The molecule has 20 heavy (non-hydrogen) atoms. The van der Waals surface area contributed by atoms with Gasteiger partial charge >= 0.3 is 12.1 Å². The van der Waals surface area contributed by atoms with Crippen molar-refractivity contribution in [3.63, 3.8) is 0 Å². The lowest BCUT2D eigenvalue weighted by molar-refractivity contribution is -0.311. The molecule has 12 heteroatoms. The second kappa shape index (κ2) is 6.29. The molecule has 0 rings (SSSR count). The Hall–Kier alpha value is -0.840. The van der Waals surface area contributed by atoms with Crippen LogP contribution >= 0.6 is 0 Å². The Bertz CT molecular complexity index is 298.